The standard InChI is InChI=1S/C26H28O6/c1-26(2,32-18-11-7-4-8-12-18)23(28)14-13-19-20(16-24(29)30)22(27)15-21(19)25(31)17-9-5-3-6-10-17/h3-14,19-22,27H,15-16H2,1-2H3,(H,29,30)/t19-,20-,21-,22+/m0/s1. The van der Waals surface area contributed by atoms with E-state index in [0.29, 0.717) is 11.3 Å². The normalized spacial score (nSPS) is 23.2. The Balaban J connectivity index is 1.83. The Labute approximate surface area is 187 Å². The number of aliphatic hydroxyl groups excluding tert-OH is 1. The van der Waals surface area contributed by atoms with E-state index in [1.807, 2.05) is 18.2 Å². The summed E-state index contributed by atoms with van der Waals surface area (Å²) < 4.78 is 5.82. The molecule has 2 aromatic carbocycles. The first-order valence-electron chi connectivity index (χ1n) is 10.6. The molecule has 0 aromatic heterocycles. The van der Waals surface area contributed by atoms with Gasteiger partial charge in [-0.25, -0.2) is 0 Å². The van der Waals surface area contributed by atoms with Gasteiger partial charge in [0.2, 0.25) is 0 Å². The lowest BCUT2D eigenvalue weighted by Crippen LogP contribution is -2.37. The lowest BCUT2D eigenvalue weighted by Gasteiger charge is -2.25. The molecule has 0 spiro atoms. The molecule has 1 aliphatic rings. The van der Waals surface area contributed by atoms with Crippen molar-refractivity contribution in [3.8, 4) is 5.75 Å². The third-order valence-corrected chi connectivity index (χ3v) is 5.93. The molecule has 4 atom stereocenters. The van der Waals surface area contributed by atoms with E-state index in [9.17, 15) is 24.6 Å². The van der Waals surface area contributed by atoms with E-state index in [2.05, 4.69) is 0 Å². The minimum absolute atomic E-state index is 0.152. The average molecular weight is 437 g/mol. The van der Waals surface area contributed by atoms with Crippen LogP contribution < -0.4 is 4.74 Å². The lowest BCUT2D eigenvalue weighted by atomic mass is 9.82. The number of aliphatic hydroxyl groups is 1. The molecule has 2 N–H and O–H groups in total. The molecule has 1 saturated carbocycles. The summed E-state index contributed by atoms with van der Waals surface area (Å²) in [6, 6.07) is 17.7. The summed E-state index contributed by atoms with van der Waals surface area (Å²) in [5.41, 5.74) is -0.658. The Morgan fingerprint density at radius 2 is 1.62 bits per heavy atom. The summed E-state index contributed by atoms with van der Waals surface area (Å²) in [6.45, 7) is 3.30. The molecule has 3 rings (SSSR count). The molecule has 1 aliphatic carbocycles. The van der Waals surface area contributed by atoms with Crippen LogP contribution in [0.3, 0.4) is 0 Å². The highest BCUT2D eigenvalue weighted by Crippen LogP contribution is 2.42. The summed E-state index contributed by atoms with van der Waals surface area (Å²) in [5, 5.41) is 19.9. The van der Waals surface area contributed by atoms with Crippen LogP contribution in [0.1, 0.15) is 37.0 Å². The molecular weight excluding hydrogens is 408 g/mol. The maximum atomic E-state index is 13.1. The topological polar surface area (TPSA) is 101 Å². The minimum atomic E-state index is -1.16. The van der Waals surface area contributed by atoms with E-state index < -0.39 is 35.4 Å². The predicted molar refractivity (Wildman–Crippen MR) is 119 cm³/mol. The van der Waals surface area contributed by atoms with Crippen LogP contribution in [0, 0.1) is 17.8 Å². The second-order valence-electron chi connectivity index (χ2n) is 8.63. The van der Waals surface area contributed by atoms with Crippen molar-refractivity contribution in [3.63, 3.8) is 0 Å². The maximum absolute atomic E-state index is 13.1. The number of ketones is 2. The first-order valence-corrected chi connectivity index (χ1v) is 10.6. The summed E-state index contributed by atoms with van der Waals surface area (Å²) in [6.07, 6.45) is 1.85. The average Bonchev–Trinajstić information content (AvgIpc) is 3.07. The van der Waals surface area contributed by atoms with Crippen molar-refractivity contribution in [1.82, 2.24) is 0 Å². The van der Waals surface area contributed by atoms with Gasteiger partial charge in [0.05, 0.1) is 12.5 Å². The number of hydrogen-bond donors (Lipinski definition) is 2. The SMILES string of the molecule is CC(C)(Oc1ccccc1)C(=O)C=C[C@H]1[C@H](CC(=O)O)[C@H](O)C[C@@H]1C(=O)c1ccccc1. The maximum Gasteiger partial charge on any atom is 0.303 e. The van der Waals surface area contributed by atoms with Crippen LogP contribution in [0.5, 0.6) is 5.75 Å². The van der Waals surface area contributed by atoms with Gasteiger partial charge >= 0.3 is 5.97 Å². The van der Waals surface area contributed by atoms with Gasteiger partial charge in [0.1, 0.15) is 5.75 Å². The molecule has 0 aliphatic heterocycles. The number of ether oxygens (including phenoxy) is 1. The number of carbonyl (C=O) groups excluding carboxylic acids is 2. The number of rotatable bonds is 9. The van der Waals surface area contributed by atoms with Crippen molar-refractivity contribution in [2.45, 2.75) is 38.4 Å². The minimum Gasteiger partial charge on any atom is -0.481 e. The number of allylic oxidation sites excluding steroid dienone is 1. The molecule has 6 nitrogen and oxygen atoms in total. The Bertz CT molecular complexity index is 980. The lowest BCUT2D eigenvalue weighted by molar-refractivity contribution is -0.139. The van der Waals surface area contributed by atoms with Gasteiger partial charge in [0, 0.05) is 17.4 Å². The van der Waals surface area contributed by atoms with Crippen LogP contribution in [0.15, 0.2) is 72.8 Å². The van der Waals surface area contributed by atoms with Gasteiger partial charge in [-0.05, 0) is 44.4 Å². The van der Waals surface area contributed by atoms with Crippen molar-refractivity contribution in [2.75, 3.05) is 0 Å². The first-order chi connectivity index (χ1) is 15.2. The van der Waals surface area contributed by atoms with Gasteiger partial charge in [-0.2, -0.15) is 0 Å². The van der Waals surface area contributed by atoms with Gasteiger partial charge in [0.25, 0.3) is 0 Å². The van der Waals surface area contributed by atoms with Crippen LogP contribution >= 0.6 is 0 Å². The van der Waals surface area contributed by atoms with E-state index in [1.165, 1.54) is 6.08 Å². The zero-order valence-electron chi connectivity index (χ0n) is 18.2. The monoisotopic (exact) mass is 436 g/mol. The van der Waals surface area contributed by atoms with E-state index in [-0.39, 0.29) is 24.4 Å². The zero-order chi connectivity index (χ0) is 23.3. The fraction of sp³-hybridized carbons (Fsp3) is 0.346. The number of aliphatic carboxylic acids is 1. The molecule has 0 amide bonds. The van der Waals surface area contributed by atoms with Gasteiger partial charge in [-0.1, -0.05) is 54.6 Å². The third kappa shape index (κ3) is 5.51. The molecule has 1 fully saturated rings. The molecule has 168 valence electrons. The fourth-order valence-corrected chi connectivity index (χ4v) is 4.23. The summed E-state index contributed by atoms with van der Waals surface area (Å²) >= 11 is 0. The number of Topliss-reactive ketones (excluding diaryl/α,β-unsaturated/α-hetero) is 1. The highest BCUT2D eigenvalue weighted by molar-refractivity contribution is 5.99. The van der Waals surface area contributed by atoms with Crippen molar-refractivity contribution in [2.24, 2.45) is 17.8 Å². The van der Waals surface area contributed by atoms with E-state index >= 15 is 0 Å². The quantitative estimate of drug-likeness (QED) is 0.456. The van der Waals surface area contributed by atoms with E-state index in [1.54, 1.807) is 62.4 Å². The van der Waals surface area contributed by atoms with Crippen molar-refractivity contribution >= 4 is 17.5 Å². The zero-order valence-corrected chi connectivity index (χ0v) is 18.2. The van der Waals surface area contributed by atoms with Gasteiger partial charge < -0.3 is 14.9 Å². The molecular formula is C26H28O6. The van der Waals surface area contributed by atoms with Crippen LogP contribution in [-0.4, -0.2) is 39.5 Å². The van der Waals surface area contributed by atoms with E-state index in [0.717, 1.165) is 0 Å². The number of benzene rings is 2. The number of carboxylic acid groups (broad SMARTS) is 1. The molecule has 0 unspecified atom stereocenters. The van der Waals surface area contributed by atoms with Crippen LogP contribution in [0.4, 0.5) is 0 Å². The molecule has 6 heteroatoms. The number of hydrogen-bond acceptors (Lipinski definition) is 5. The molecule has 0 radical (unpaired) electrons. The molecule has 0 heterocycles. The predicted octanol–water partition coefficient (Wildman–Crippen LogP) is 3.94. The Kier molecular flexibility index (Phi) is 7.26. The second kappa shape index (κ2) is 9.92. The smallest absolute Gasteiger partial charge is 0.303 e. The Morgan fingerprint density at radius 1 is 1.03 bits per heavy atom. The first kappa shape index (κ1) is 23.4. The molecule has 0 bridgehead atoms. The summed E-state index contributed by atoms with van der Waals surface area (Å²) in [7, 11) is 0. The third-order valence-electron chi connectivity index (χ3n) is 5.93. The highest BCUT2D eigenvalue weighted by atomic mass is 16.5. The van der Waals surface area contributed by atoms with Crippen LogP contribution in [-0.2, 0) is 9.59 Å². The van der Waals surface area contributed by atoms with Crippen molar-refractivity contribution < 1.29 is 29.3 Å². The van der Waals surface area contributed by atoms with E-state index in [4.69, 9.17) is 4.74 Å². The Hall–Kier alpha value is -3.25. The number of carbonyl (C=O) groups is 3. The molecule has 2 aromatic rings. The van der Waals surface area contributed by atoms with Crippen LogP contribution in [0.2, 0.25) is 0 Å². The summed E-state index contributed by atoms with van der Waals surface area (Å²) in [4.78, 5) is 37.4. The van der Waals surface area contributed by atoms with Gasteiger partial charge in [-0.3, -0.25) is 14.4 Å². The fourth-order valence-electron chi connectivity index (χ4n) is 4.23. The Morgan fingerprint density at radius 3 is 2.22 bits per heavy atom. The van der Waals surface area contributed by atoms with Crippen molar-refractivity contribution in [3.05, 3.63) is 78.4 Å². The van der Waals surface area contributed by atoms with Crippen molar-refractivity contribution in [1.29, 1.82) is 0 Å². The highest BCUT2D eigenvalue weighted by Gasteiger charge is 2.45. The summed E-state index contributed by atoms with van der Waals surface area (Å²) in [5.74, 6) is -2.84. The van der Waals surface area contributed by atoms with Crippen LogP contribution in [0.25, 0.3) is 0 Å². The van der Waals surface area contributed by atoms with Gasteiger partial charge in [0.15, 0.2) is 17.2 Å². The number of carboxylic acids is 1. The second-order valence-corrected chi connectivity index (χ2v) is 8.63. The molecule has 32 heavy (non-hydrogen) atoms. The number of para-hydroxylation sites is 1. The largest absolute Gasteiger partial charge is 0.481 e. The molecule has 0 saturated heterocycles. The van der Waals surface area contributed by atoms with Gasteiger partial charge in [-0.15, -0.1) is 0 Å².